The molecule has 3 spiro atoms. The predicted molar refractivity (Wildman–Crippen MR) is 467 cm³/mol. The summed E-state index contributed by atoms with van der Waals surface area (Å²) in [6.45, 7) is 76.7. The molecule has 17 fully saturated rings. The number of hydrogen-bond acceptors (Lipinski definition) is 15. The number of nitrogens with zero attached hydrogens (tertiary/aromatic N) is 10. The molecule has 109 heavy (non-hydrogen) atoms. The third-order valence-corrected chi connectivity index (χ3v) is 27.5. The zero-order valence-corrected chi connectivity index (χ0v) is 71.8. The topological polar surface area (TPSA) is 86.4 Å². The van der Waals surface area contributed by atoms with Gasteiger partial charge in [0, 0.05) is 206 Å². The lowest BCUT2D eigenvalue weighted by atomic mass is 9.63. The fourth-order valence-corrected chi connectivity index (χ4v) is 20.4. The van der Waals surface area contributed by atoms with Gasteiger partial charge in [0.25, 0.3) is 0 Å². The van der Waals surface area contributed by atoms with Crippen LogP contribution in [0.4, 0.5) is 17.6 Å². The molecule has 20 heteroatoms. The van der Waals surface area contributed by atoms with Crippen molar-refractivity contribution in [3.63, 3.8) is 0 Å². The molecular formula is C89H186F4N10O5S. The highest BCUT2D eigenvalue weighted by atomic mass is 32.2. The Hall–Kier alpha value is -0.820. The van der Waals surface area contributed by atoms with Crippen LogP contribution >= 0.6 is 0 Å². The second-order valence-electron chi connectivity index (χ2n) is 38.7. The standard InChI is InChI=1S/C9H17NO2.C9H17NOS.2C9H17N.C8H14F3NO.C8H15NO.3C8H17N.C7H14FN.6CH4/c1-7(2)10-3-9-6-11-4-8(10)5-12-9;1-8(2)10-4-9(5-10)6-12(3,11)7-9;1-8(2)10-6-9(7-10)4-3-5-9;1-8(2)10-7-6-9(10)4-3-5-9;1-6(2)12-3-7(4-12)5-13-8(9,10)11;1-6(2)9-4-7-3-8(5-9)10-7;1-7(2)9-5-8(3,4)6-9;1-7(2)9-6-4-5-8(9)3;1-4-8-5-9(6-8)7(2)3;1-6(2)9-4-7(3,8)5-9;;;;;;/h7-9H,3-6H2,1-2H3;8H,3-7H2,1-2H3;2*8H,3-7H2,1-2H3;6-7H,3-5H2,1-2H3;6-8H,3-5H2,1-2H3;7H,5-6H2,1-4H3;2*7-8H,4-6H2,1-3H3;6H,4-5H2,1-3H3;6*1H4. The molecule has 2 saturated carbocycles. The Morgan fingerprint density at radius 3 is 1.17 bits per heavy atom. The summed E-state index contributed by atoms with van der Waals surface area (Å²) in [7, 11) is -1.63. The van der Waals surface area contributed by atoms with Gasteiger partial charge in [-0.05, 0) is 242 Å². The Balaban J connectivity index is 0.00000118. The molecule has 0 aromatic carbocycles. The number of alkyl halides is 4. The highest BCUT2D eigenvalue weighted by Gasteiger charge is 2.54. The molecule has 5 unspecified atom stereocenters. The average Bonchev–Trinajstić information content (AvgIpc) is 0.973. The van der Waals surface area contributed by atoms with Crippen LogP contribution in [0.3, 0.4) is 0 Å². The van der Waals surface area contributed by atoms with E-state index in [-0.39, 0.29) is 57.1 Å². The van der Waals surface area contributed by atoms with Crippen LogP contribution in [0.25, 0.3) is 0 Å². The second kappa shape index (κ2) is 47.1. The van der Waals surface area contributed by atoms with Gasteiger partial charge in [0.05, 0.1) is 50.8 Å². The van der Waals surface area contributed by atoms with Crippen LogP contribution in [-0.2, 0) is 28.5 Å². The molecule has 15 saturated heterocycles. The van der Waals surface area contributed by atoms with E-state index in [1.807, 2.05) is 13.8 Å². The zero-order chi connectivity index (χ0) is 77.0. The van der Waals surface area contributed by atoms with Gasteiger partial charge in [-0.25, -0.2) is 4.39 Å². The average molecular weight is 1580 g/mol. The maximum atomic E-state index is 12.8. The lowest BCUT2D eigenvalue weighted by molar-refractivity contribution is -0.331. The van der Waals surface area contributed by atoms with Gasteiger partial charge in [-0.1, -0.05) is 78.2 Å². The summed E-state index contributed by atoms with van der Waals surface area (Å²) in [5.74, 6) is 6.54. The molecule has 0 aromatic heterocycles. The van der Waals surface area contributed by atoms with Crippen molar-refractivity contribution in [2.24, 2.45) is 28.1 Å². The maximum Gasteiger partial charge on any atom is 0.522 e. The van der Waals surface area contributed by atoms with Crippen LogP contribution in [-0.4, -0.2) is 317 Å². The first kappa shape index (κ1) is 108. The van der Waals surface area contributed by atoms with E-state index in [1.54, 1.807) is 6.92 Å². The van der Waals surface area contributed by atoms with Crippen molar-refractivity contribution in [2.75, 3.05) is 149 Å². The first-order chi connectivity index (χ1) is 47.8. The molecular weight excluding hydrogens is 1400 g/mol. The van der Waals surface area contributed by atoms with E-state index in [0.29, 0.717) is 97.1 Å². The molecule has 15 heterocycles. The van der Waals surface area contributed by atoms with Crippen LogP contribution < -0.4 is 0 Å². The van der Waals surface area contributed by atoms with Gasteiger partial charge < -0.3 is 24.0 Å². The number of hydrogen-bond donors (Lipinski definition) is 0. The molecule has 2 aliphatic carbocycles. The molecule has 17 rings (SSSR count). The Kier molecular flexibility index (Phi) is 46.7. The van der Waals surface area contributed by atoms with Crippen molar-refractivity contribution < 1.29 is 40.7 Å². The molecule has 15 nitrogen and oxygen atoms in total. The third kappa shape index (κ3) is 33.5. The van der Waals surface area contributed by atoms with Crippen LogP contribution in [0.1, 0.15) is 288 Å². The van der Waals surface area contributed by atoms with Crippen LogP contribution in [0.2, 0.25) is 0 Å². The van der Waals surface area contributed by atoms with E-state index in [9.17, 15) is 21.8 Å². The summed E-state index contributed by atoms with van der Waals surface area (Å²) in [6, 6.07) is 8.06. The van der Waals surface area contributed by atoms with Gasteiger partial charge >= 0.3 is 6.36 Å². The Morgan fingerprint density at radius 1 is 0.477 bits per heavy atom. The molecule has 0 aromatic rings. The molecule has 0 N–H and O–H groups in total. The van der Waals surface area contributed by atoms with E-state index in [0.717, 1.165) is 112 Å². The summed E-state index contributed by atoms with van der Waals surface area (Å²) in [6.07, 6.45) is 12.9. The maximum absolute atomic E-state index is 12.8. The number of fused-ring (bicyclic) bond motifs is 6. The monoisotopic (exact) mass is 1580 g/mol. The number of rotatable bonds is 13. The summed E-state index contributed by atoms with van der Waals surface area (Å²) in [5.41, 5.74) is 1.66. The molecule has 0 amide bonds. The van der Waals surface area contributed by atoms with E-state index < -0.39 is 21.6 Å². The Morgan fingerprint density at radius 2 is 0.890 bits per heavy atom. The lowest BCUT2D eigenvalue weighted by Gasteiger charge is -2.60. The number of likely N-dealkylation sites (tertiary alicyclic amines) is 8. The van der Waals surface area contributed by atoms with Gasteiger partial charge in [-0.2, -0.15) is 0 Å². The van der Waals surface area contributed by atoms with Crippen LogP contribution in [0.5, 0.6) is 0 Å². The summed E-state index contributed by atoms with van der Waals surface area (Å²) >= 11 is 0. The highest BCUT2D eigenvalue weighted by molar-refractivity contribution is 8.01. The zero-order valence-electron chi connectivity index (χ0n) is 71.0. The minimum absolute atomic E-state index is 0. The molecule has 5 atom stereocenters. The lowest BCUT2D eigenvalue weighted by Crippen LogP contribution is -2.69. The smallest absolute Gasteiger partial charge is 0.377 e. The summed E-state index contributed by atoms with van der Waals surface area (Å²) in [5, 5.41) is 0. The summed E-state index contributed by atoms with van der Waals surface area (Å²) < 4.78 is 79.3. The molecule has 15 aliphatic heterocycles. The van der Waals surface area contributed by atoms with Crippen molar-refractivity contribution in [1.82, 2.24) is 49.0 Å². The summed E-state index contributed by atoms with van der Waals surface area (Å²) in [4.78, 5) is 24.5. The van der Waals surface area contributed by atoms with Crippen molar-refractivity contribution in [1.29, 1.82) is 0 Å². The van der Waals surface area contributed by atoms with Gasteiger partial charge in [-0.3, -0.25) is 48.1 Å². The fraction of sp³-hybridized carbons (Fsp3) is 0.989. The van der Waals surface area contributed by atoms with E-state index >= 15 is 0 Å². The van der Waals surface area contributed by atoms with Crippen molar-refractivity contribution >= 4 is 15.4 Å². The normalized spacial score (nSPS) is 28.0. The number of halogens is 4. The minimum atomic E-state index is -4.47. The molecule has 17 aliphatic rings. The van der Waals surface area contributed by atoms with Gasteiger partial charge in [-0.15, -0.1) is 13.2 Å². The van der Waals surface area contributed by atoms with Crippen molar-refractivity contribution in [2.45, 2.75) is 397 Å². The van der Waals surface area contributed by atoms with E-state index in [2.05, 4.69) is 212 Å². The van der Waals surface area contributed by atoms with Gasteiger partial charge in [0.2, 0.25) is 0 Å². The largest absolute Gasteiger partial charge is 0.522 e. The first-order valence-corrected chi connectivity index (χ1v) is 43.9. The van der Waals surface area contributed by atoms with Crippen LogP contribution in [0.15, 0.2) is 0 Å². The minimum Gasteiger partial charge on any atom is -0.377 e. The molecule has 656 valence electrons. The van der Waals surface area contributed by atoms with Crippen molar-refractivity contribution in [3.8, 4) is 0 Å². The second-order valence-corrected chi connectivity index (χ2v) is 41.2. The fourth-order valence-electron chi connectivity index (χ4n) is 17.8. The van der Waals surface area contributed by atoms with Gasteiger partial charge in [0.15, 0.2) is 0 Å². The quantitative estimate of drug-likeness (QED) is 0.129. The van der Waals surface area contributed by atoms with Crippen LogP contribution in [0, 0.1) is 28.1 Å². The SMILES string of the molecule is C.C.C.C.C.C.C=S1(=O)CC2(CN(C(C)C)C2)C1.CC(C)N1CC(C)(C)C1.CC(C)N1CC(C)(F)C1.CC(C)N1CC(COC(F)(F)F)C1.CC(C)N1CC2(CCC2)C1.CC(C)N1CC2CC(C1)O2.CC(C)N1CC2COCC1CO2.CC(C)N1CCC12CCC2.CC(C)N1CCCC1C.CCC1CN(C(C)C)C1. The predicted octanol–water partition coefficient (Wildman–Crippen LogP) is 18.2. The highest BCUT2D eigenvalue weighted by Crippen LogP contribution is 2.49. The van der Waals surface area contributed by atoms with Gasteiger partial charge in [0.1, 0.15) is 5.67 Å². The van der Waals surface area contributed by atoms with E-state index in [4.69, 9.17) is 14.2 Å². The van der Waals surface area contributed by atoms with E-state index in [1.165, 1.54) is 123 Å². The third-order valence-electron chi connectivity index (χ3n) is 25.3. The van der Waals surface area contributed by atoms with Crippen molar-refractivity contribution in [3.05, 3.63) is 0 Å². The number of ether oxygens (including phenoxy) is 4. The Bertz CT molecular complexity index is 2440. The number of piperidine rings is 1. The number of morpholine rings is 2. The molecule has 4 bridgehead atoms. The first-order valence-electron chi connectivity index (χ1n) is 41.8. The molecule has 0 radical (unpaired) electrons. The Labute approximate surface area is 675 Å².